The molecule has 2 aromatic rings. The molecule has 0 saturated heterocycles. The molecule has 18 heavy (non-hydrogen) atoms. The van der Waals surface area contributed by atoms with E-state index in [1.165, 1.54) is 5.56 Å². The van der Waals surface area contributed by atoms with Crippen molar-refractivity contribution in [3.8, 4) is 0 Å². The molecule has 0 saturated carbocycles. The maximum absolute atomic E-state index is 12.4. The molecule has 3 nitrogen and oxygen atoms in total. The largest absolute Gasteiger partial charge is 0.308 e. The summed E-state index contributed by atoms with van der Waals surface area (Å²) in [6.07, 6.45) is 2.53. The summed E-state index contributed by atoms with van der Waals surface area (Å²) in [5, 5.41) is 0. The molecule has 1 amide bonds. The Hall–Kier alpha value is -1.68. The van der Waals surface area contributed by atoms with Gasteiger partial charge in [0.25, 0.3) is 5.91 Å². The molecule has 4 heteroatoms. The lowest BCUT2D eigenvalue weighted by Crippen LogP contribution is -2.28. The molecule has 0 aliphatic carbocycles. The first-order chi connectivity index (χ1) is 8.75. The minimum atomic E-state index is 0.0138. The van der Waals surface area contributed by atoms with Gasteiger partial charge in [0, 0.05) is 18.4 Å². The minimum absolute atomic E-state index is 0.0138. The van der Waals surface area contributed by atoms with Crippen LogP contribution >= 0.6 is 15.9 Å². The number of carbonyl (C=O) groups is 1. The van der Waals surface area contributed by atoms with Crippen LogP contribution < -0.4 is 4.90 Å². The maximum atomic E-state index is 12.4. The third-order valence-corrected chi connectivity index (χ3v) is 3.58. The highest BCUT2D eigenvalue weighted by molar-refractivity contribution is 9.10. The van der Waals surface area contributed by atoms with Crippen molar-refractivity contribution in [2.45, 2.75) is 6.42 Å². The summed E-state index contributed by atoms with van der Waals surface area (Å²) in [7, 11) is 0. The summed E-state index contributed by atoms with van der Waals surface area (Å²) < 4.78 is 0.737. The minimum Gasteiger partial charge on any atom is -0.308 e. The summed E-state index contributed by atoms with van der Waals surface area (Å²) in [6, 6.07) is 11.6. The molecule has 1 aromatic carbocycles. The van der Waals surface area contributed by atoms with E-state index in [1.807, 2.05) is 23.1 Å². The molecule has 1 aliphatic rings. The first-order valence-corrected chi connectivity index (χ1v) is 6.56. The van der Waals surface area contributed by atoms with Gasteiger partial charge in [-0.25, -0.2) is 4.98 Å². The van der Waals surface area contributed by atoms with Crippen molar-refractivity contribution in [1.82, 2.24) is 4.98 Å². The average Bonchev–Trinajstić information content (AvgIpc) is 2.82. The lowest BCUT2D eigenvalue weighted by molar-refractivity contribution is 0.0989. The van der Waals surface area contributed by atoms with Crippen molar-refractivity contribution < 1.29 is 4.79 Å². The van der Waals surface area contributed by atoms with Crippen LogP contribution in [0.3, 0.4) is 0 Å². The second-order valence-corrected chi connectivity index (χ2v) is 5.02. The van der Waals surface area contributed by atoms with E-state index in [0.29, 0.717) is 5.56 Å². The lowest BCUT2D eigenvalue weighted by atomic mass is 10.2. The Morgan fingerprint density at radius 3 is 2.83 bits per heavy atom. The summed E-state index contributed by atoms with van der Waals surface area (Å²) in [5.74, 6) is 0.0138. The molecule has 0 unspecified atom stereocenters. The fourth-order valence-electron chi connectivity index (χ4n) is 2.21. The predicted molar refractivity (Wildman–Crippen MR) is 73.8 cm³/mol. The number of hydrogen-bond donors (Lipinski definition) is 0. The van der Waals surface area contributed by atoms with Crippen LogP contribution in [0.5, 0.6) is 0 Å². The number of anilines is 1. The van der Waals surface area contributed by atoms with Gasteiger partial charge in [-0.15, -0.1) is 0 Å². The first-order valence-electron chi connectivity index (χ1n) is 5.77. The number of amides is 1. The van der Waals surface area contributed by atoms with Crippen molar-refractivity contribution in [1.29, 1.82) is 0 Å². The zero-order chi connectivity index (χ0) is 12.5. The van der Waals surface area contributed by atoms with E-state index < -0.39 is 0 Å². The van der Waals surface area contributed by atoms with Crippen LogP contribution in [0.2, 0.25) is 0 Å². The SMILES string of the molecule is O=C(c1ccc(Br)nc1)N1CCc2ccccc21. The number of para-hydroxylation sites is 1. The fourth-order valence-corrected chi connectivity index (χ4v) is 2.44. The number of pyridine rings is 1. The molecule has 0 bridgehead atoms. The van der Waals surface area contributed by atoms with Crippen molar-refractivity contribution >= 4 is 27.5 Å². The topological polar surface area (TPSA) is 33.2 Å². The highest BCUT2D eigenvalue weighted by atomic mass is 79.9. The second kappa shape index (κ2) is 4.53. The molecule has 0 N–H and O–H groups in total. The van der Waals surface area contributed by atoms with Gasteiger partial charge >= 0.3 is 0 Å². The number of hydrogen-bond acceptors (Lipinski definition) is 2. The molecular weight excluding hydrogens is 292 g/mol. The van der Waals surface area contributed by atoms with Crippen LogP contribution in [0, 0.1) is 0 Å². The van der Waals surface area contributed by atoms with Gasteiger partial charge in [0.05, 0.1) is 5.56 Å². The Balaban J connectivity index is 1.93. The third kappa shape index (κ3) is 1.93. The molecule has 1 aromatic heterocycles. The Morgan fingerprint density at radius 1 is 1.22 bits per heavy atom. The van der Waals surface area contributed by atoms with E-state index in [2.05, 4.69) is 27.0 Å². The van der Waals surface area contributed by atoms with Crippen molar-refractivity contribution in [3.05, 3.63) is 58.3 Å². The average molecular weight is 303 g/mol. The van der Waals surface area contributed by atoms with Crippen molar-refractivity contribution in [2.75, 3.05) is 11.4 Å². The van der Waals surface area contributed by atoms with Gasteiger partial charge in [0.15, 0.2) is 0 Å². The van der Waals surface area contributed by atoms with E-state index in [4.69, 9.17) is 0 Å². The third-order valence-electron chi connectivity index (χ3n) is 3.11. The molecule has 0 fully saturated rings. The van der Waals surface area contributed by atoms with E-state index in [1.54, 1.807) is 18.3 Å². The molecule has 0 radical (unpaired) electrons. The zero-order valence-corrected chi connectivity index (χ0v) is 11.2. The summed E-state index contributed by atoms with van der Waals surface area (Å²) >= 11 is 3.27. The zero-order valence-electron chi connectivity index (χ0n) is 9.64. The first kappa shape index (κ1) is 11.4. The van der Waals surface area contributed by atoms with Crippen LogP contribution in [0.1, 0.15) is 15.9 Å². The molecular formula is C14H11BrN2O. The second-order valence-electron chi connectivity index (χ2n) is 4.21. The molecule has 90 valence electrons. The van der Waals surface area contributed by atoms with E-state index >= 15 is 0 Å². The van der Waals surface area contributed by atoms with Crippen LogP contribution in [-0.4, -0.2) is 17.4 Å². The number of fused-ring (bicyclic) bond motifs is 1. The Labute approximate surface area is 114 Å². The molecule has 0 spiro atoms. The lowest BCUT2D eigenvalue weighted by Gasteiger charge is -2.17. The highest BCUT2D eigenvalue weighted by Gasteiger charge is 2.25. The maximum Gasteiger partial charge on any atom is 0.259 e. The fraction of sp³-hybridized carbons (Fsp3) is 0.143. The van der Waals surface area contributed by atoms with Crippen LogP contribution in [0.25, 0.3) is 0 Å². The molecule has 3 rings (SSSR count). The van der Waals surface area contributed by atoms with Gasteiger partial charge in [-0.05, 0) is 46.1 Å². The summed E-state index contributed by atoms with van der Waals surface area (Å²) in [4.78, 5) is 18.3. The van der Waals surface area contributed by atoms with Gasteiger partial charge in [-0.2, -0.15) is 0 Å². The number of nitrogens with zero attached hydrogens (tertiary/aromatic N) is 2. The van der Waals surface area contributed by atoms with Gasteiger partial charge in [-0.3, -0.25) is 4.79 Å². The van der Waals surface area contributed by atoms with Gasteiger partial charge in [0.1, 0.15) is 4.60 Å². The Morgan fingerprint density at radius 2 is 2.06 bits per heavy atom. The monoisotopic (exact) mass is 302 g/mol. The van der Waals surface area contributed by atoms with Gasteiger partial charge < -0.3 is 4.90 Å². The van der Waals surface area contributed by atoms with Crippen molar-refractivity contribution in [2.24, 2.45) is 0 Å². The van der Waals surface area contributed by atoms with E-state index in [9.17, 15) is 4.79 Å². The van der Waals surface area contributed by atoms with Crippen LogP contribution in [-0.2, 0) is 6.42 Å². The number of carbonyl (C=O) groups excluding carboxylic acids is 1. The Bertz CT molecular complexity index is 595. The number of aromatic nitrogens is 1. The quantitative estimate of drug-likeness (QED) is 0.759. The van der Waals surface area contributed by atoms with E-state index in [-0.39, 0.29) is 5.91 Å². The number of halogens is 1. The highest BCUT2D eigenvalue weighted by Crippen LogP contribution is 2.28. The van der Waals surface area contributed by atoms with Crippen molar-refractivity contribution in [3.63, 3.8) is 0 Å². The Kier molecular flexibility index (Phi) is 2.88. The number of benzene rings is 1. The normalized spacial score (nSPS) is 13.5. The summed E-state index contributed by atoms with van der Waals surface area (Å²) in [6.45, 7) is 0.744. The molecule has 0 atom stereocenters. The molecule has 2 heterocycles. The molecule has 1 aliphatic heterocycles. The summed E-state index contributed by atoms with van der Waals surface area (Å²) in [5.41, 5.74) is 2.87. The van der Waals surface area contributed by atoms with Crippen LogP contribution in [0.15, 0.2) is 47.2 Å². The predicted octanol–water partition coefficient (Wildman–Crippen LogP) is 3.05. The number of rotatable bonds is 1. The van der Waals surface area contributed by atoms with Gasteiger partial charge in [-0.1, -0.05) is 18.2 Å². The smallest absolute Gasteiger partial charge is 0.259 e. The van der Waals surface area contributed by atoms with Crippen LogP contribution in [0.4, 0.5) is 5.69 Å². The standard InChI is InChI=1S/C14H11BrN2O/c15-13-6-5-11(9-16-13)14(18)17-8-7-10-3-1-2-4-12(10)17/h1-6,9H,7-8H2. The van der Waals surface area contributed by atoms with Gasteiger partial charge in [0.2, 0.25) is 0 Å². The van der Waals surface area contributed by atoms with E-state index in [0.717, 1.165) is 23.3 Å².